The van der Waals surface area contributed by atoms with E-state index in [2.05, 4.69) is 20.9 Å². The number of fused-ring (bicyclic) bond motifs is 3. The number of halogens is 7. The van der Waals surface area contributed by atoms with Crippen LogP contribution in [0, 0.1) is 0 Å². The fraction of sp³-hybridized carbons (Fsp3) is 0.423. The molecule has 0 saturated carbocycles. The smallest absolute Gasteiger partial charge is 0.297 e. The second kappa shape index (κ2) is 10.3. The Morgan fingerprint density at radius 3 is 2.22 bits per heavy atom. The molecule has 2 aromatic heterocycles. The Labute approximate surface area is 219 Å². The molecule has 11 heteroatoms. The predicted molar refractivity (Wildman–Crippen MR) is 135 cm³/mol. The summed E-state index contributed by atoms with van der Waals surface area (Å²) in [5, 5.41) is 0. The number of aromatic nitrogens is 3. The van der Waals surface area contributed by atoms with E-state index in [0.29, 0.717) is 27.6 Å². The van der Waals surface area contributed by atoms with Crippen LogP contribution in [0.15, 0.2) is 46.9 Å². The van der Waals surface area contributed by atoms with Gasteiger partial charge in [0.2, 0.25) is 5.78 Å². The van der Waals surface area contributed by atoms with Crippen molar-refractivity contribution in [3.63, 3.8) is 0 Å². The highest BCUT2D eigenvalue weighted by Crippen LogP contribution is 2.38. The van der Waals surface area contributed by atoms with Crippen molar-refractivity contribution in [2.75, 3.05) is 13.1 Å². The second-order valence-corrected chi connectivity index (χ2v) is 10.2. The second-order valence-electron chi connectivity index (χ2n) is 9.37. The molecule has 4 nitrogen and oxygen atoms in total. The molecule has 0 bridgehead atoms. The first kappa shape index (κ1) is 27.5. The number of rotatable bonds is 8. The van der Waals surface area contributed by atoms with Gasteiger partial charge < -0.3 is 0 Å². The van der Waals surface area contributed by atoms with Crippen LogP contribution in [0.4, 0.5) is 26.3 Å². The van der Waals surface area contributed by atoms with Crippen LogP contribution in [0.2, 0.25) is 0 Å². The number of para-hydroxylation sites is 2. The van der Waals surface area contributed by atoms with Crippen LogP contribution in [0.25, 0.3) is 22.5 Å². The van der Waals surface area contributed by atoms with E-state index in [1.807, 2.05) is 32.0 Å². The average Bonchev–Trinajstić information content (AvgIpc) is 3.32. The Morgan fingerprint density at radius 1 is 0.973 bits per heavy atom. The fourth-order valence-corrected chi connectivity index (χ4v) is 5.12. The van der Waals surface area contributed by atoms with Crippen molar-refractivity contribution in [3.8, 4) is 5.69 Å². The van der Waals surface area contributed by atoms with Crippen molar-refractivity contribution in [3.05, 3.63) is 63.9 Å². The number of hydrogen-bond donors (Lipinski definition) is 0. The number of alkyl halides is 6. The van der Waals surface area contributed by atoms with Crippen LogP contribution in [0.1, 0.15) is 56.5 Å². The summed E-state index contributed by atoms with van der Waals surface area (Å²) in [5.74, 6) is 0.302. The maximum absolute atomic E-state index is 14.2. The number of nitrogens with zero attached hydrogens (tertiary/aromatic N) is 4. The molecule has 0 saturated heterocycles. The molecule has 0 spiro atoms. The molecule has 0 unspecified atom stereocenters. The summed E-state index contributed by atoms with van der Waals surface area (Å²) in [6, 6.07) is 12.7. The first-order valence-corrected chi connectivity index (χ1v) is 12.8. The van der Waals surface area contributed by atoms with E-state index < -0.39 is 31.0 Å². The molecule has 0 aliphatic heterocycles. The van der Waals surface area contributed by atoms with Crippen molar-refractivity contribution in [1.29, 1.82) is 0 Å². The first-order chi connectivity index (χ1) is 17.3. The quantitative estimate of drug-likeness (QED) is 0.193. The van der Waals surface area contributed by atoms with Gasteiger partial charge in [0.15, 0.2) is 5.69 Å². The Kier molecular flexibility index (Phi) is 7.67. The number of imidazole rings is 2. The van der Waals surface area contributed by atoms with Crippen LogP contribution in [-0.2, 0) is 12.7 Å². The Balaban J connectivity index is 1.96. The number of hydrogen-bond acceptors (Lipinski definition) is 2. The van der Waals surface area contributed by atoms with Crippen molar-refractivity contribution in [2.45, 2.75) is 58.4 Å². The zero-order valence-corrected chi connectivity index (χ0v) is 22.2. The van der Waals surface area contributed by atoms with E-state index in [1.165, 1.54) is 9.30 Å². The Hall–Kier alpha value is -2.53. The van der Waals surface area contributed by atoms with Crippen LogP contribution in [0.5, 0.6) is 0 Å². The first-order valence-electron chi connectivity index (χ1n) is 12.0. The summed E-state index contributed by atoms with van der Waals surface area (Å²) in [6.45, 7) is 5.37. The summed E-state index contributed by atoms with van der Waals surface area (Å²) < 4.78 is 85.3. The van der Waals surface area contributed by atoms with E-state index in [9.17, 15) is 26.3 Å². The SMILES string of the molecule is CCCN(CCC(F)(F)F)Cc1c(C(F)(F)F)nc2n(-c3ccc(C(C)C)cc3Br)c3ccccc3n12. The molecule has 0 radical (unpaired) electrons. The molecule has 0 N–H and O–H groups in total. The van der Waals surface area contributed by atoms with E-state index in [-0.39, 0.29) is 30.5 Å². The topological polar surface area (TPSA) is 25.5 Å². The molecule has 4 aromatic rings. The lowest BCUT2D eigenvalue weighted by atomic mass is 10.0. The molecule has 2 aromatic carbocycles. The molecule has 4 rings (SSSR count). The largest absolute Gasteiger partial charge is 0.435 e. The minimum atomic E-state index is -4.78. The Bertz CT molecular complexity index is 1400. The average molecular weight is 589 g/mol. The molecule has 0 fully saturated rings. The fourth-order valence-electron chi connectivity index (χ4n) is 4.55. The highest BCUT2D eigenvalue weighted by atomic mass is 79.9. The molecule has 0 aliphatic rings. The molecule has 37 heavy (non-hydrogen) atoms. The van der Waals surface area contributed by atoms with Gasteiger partial charge in [-0.3, -0.25) is 13.9 Å². The minimum absolute atomic E-state index is 0.0498. The molecular formula is C26H27BrF6N4. The van der Waals surface area contributed by atoms with Crippen molar-refractivity contribution in [2.24, 2.45) is 0 Å². The maximum Gasteiger partial charge on any atom is 0.435 e. The van der Waals surface area contributed by atoms with Crippen molar-refractivity contribution in [1.82, 2.24) is 18.9 Å². The van der Waals surface area contributed by atoms with Crippen LogP contribution in [-0.4, -0.2) is 38.1 Å². The summed E-state index contributed by atoms with van der Waals surface area (Å²) in [7, 11) is 0. The molecule has 200 valence electrons. The lowest BCUT2D eigenvalue weighted by Crippen LogP contribution is -2.30. The van der Waals surface area contributed by atoms with E-state index >= 15 is 0 Å². The van der Waals surface area contributed by atoms with Crippen LogP contribution in [0.3, 0.4) is 0 Å². The zero-order chi connectivity index (χ0) is 27.1. The lowest BCUT2D eigenvalue weighted by molar-refractivity contribution is -0.143. The van der Waals surface area contributed by atoms with Gasteiger partial charge in [-0.25, -0.2) is 4.98 Å². The van der Waals surface area contributed by atoms with Gasteiger partial charge in [-0.1, -0.05) is 39.0 Å². The van der Waals surface area contributed by atoms with Crippen LogP contribution >= 0.6 is 15.9 Å². The van der Waals surface area contributed by atoms with Gasteiger partial charge >= 0.3 is 12.4 Å². The molecular weight excluding hydrogens is 562 g/mol. The standard InChI is InChI=1S/C26H27BrF6N4/c1-4-12-35(13-11-25(28,29)30)15-22-23(26(31,32)33)34-24-36(20-7-5-6-8-21(20)37(22)24)19-10-9-17(16(2)3)14-18(19)27/h5-10,14,16H,4,11-13,15H2,1-3H3. The number of benzene rings is 2. The van der Waals surface area contributed by atoms with Crippen molar-refractivity contribution < 1.29 is 26.3 Å². The van der Waals surface area contributed by atoms with Gasteiger partial charge in [-0.2, -0.15) is 26.3 Å². The maximum atomic E-state index is 14.2. The third kappa shape index (κ3) is 5.67. The van der Waals surface area contributed by atoms with Gasteiger partial charge in [0.05, 0.1) is 28.8 Å². The summed E-state index contributed by atoms with van der Waals surface area (Å²) in [5.41, 5.74) is 1.53. The summed E-state index contributed by atoms with van der Waals surface area (Å²) in [6.07, 6.45) is -9.80. The van der Waals surface area contributed by atoms with E-state index in [1.54, 1.807) is 35.8 Å². The highest BCUT2D eigenvalue weighted by molar-refractivity contribution is 9.10. The third-order valence-electron chi connectivity index (χ3n) is 6.29. The summed E-state index contributed by atoms with van der Waals surface area (Å²) >= 11 is 3.58. The Morgan fingerprint density at radius 2 is 1.65 bits per heavy atom. The normalized spacial score (nSPS) is 13.1. The monoisotopic (exact) mass is 588 g/mol. The van der Waals surface area contributed by atoms with Gasteiger partial charge in [0.1, 0.15) is 0 Å². The molecule has 0 amide bonds. The van der Waals surface area contributed by atoms with Gasteiger partial charge in [0.25, 0.3) is 0 Å². The summed E-state index contributed by atoms with van der Waals surface area (Å²) in [4.78, 5) is 5.46. The highest BCUT2D eigenvalue weighted by Gasteiger charge is 2.40. The van der Waals surface area contributed by atoms with Gasteiger partial charge in [-0.15, -0.1) is 0 Å². The van der Waals surface area contributed by atoms with Crippen molar-refractivity contribution >= 4 is 32.7 Å². The van der Waals surface area contributed by atoms with E-state index in [4.69, 9.17) is 0 Å². The van der Waals surface area contributed by atoms with Crippen LogP contribution < -0.4 is 0 Å². The minimum Gasteiger partial charge on any atom is -0.297 e. The molecule has 0 aliphatic carbocycles. The van der Waals surface area contributed by atoms with Gasteiger partial charge in [-0.05, 0) is 64.6 Å². The lowest BCUT2D eigenvalue weighted by Gasteiger charge is -2.23. The zero-order valence-electron chi connectivity index (χ0n) is 20.6. The third-order valence-corrected chi connectivity index (χ3v) is 6.93. The van der Waals surface area contributed by atoms with Gasteiger partial charge in [0, 0.05) is 17.6 Å². The molecule has 2 heterocycles. The van der Waals surface area contributed by atoms with E-state index in [0.717, 1.165) is 5.56 Å². The predicted octanol–water partition coefficient (Wildman–Crippen LogP) is 8.35. The molecule has 0 atom stereocenters.